The Bertz CT molecular complexity index is 1260. The molecule has 0 aliphatic carbocycles. The van der Waals surface area contributed by atoms with Gasteiger partial charge in [0.15, 0.2) is 23.1 Å². The first-order valence-electron chi connectivity index (χ1n) is 8.45. The lowest BCUT2D eigenvalue weighted by Crippen LogP contribution is -2.40. The lowest BCUT2D eigenvalue weighted by atomic mass is 9.98. The molecule has 1 fully saturated rings. The summed E-state index contributed by atoms with van der Waals surface area (Å²) in [5.74, 6) is -0.322. The van der Waals surface area contributed by atoms with E-state index < -0.39 is 59.7 Å². The van der Waals surface area contributed by atoms with Gasteiger partial charge in [-0.3, -0.25) is 18.9 Å². The quantitative estimate of drug-likeness (QED) is 0.199. The third-order valence-electron chi connectivity index (χ3n) is 4.24. The summed E-state index contributed by atoms with van der Waals surface area (Å²) in [7, 11) is -16.9. The minimum Gasteiger partial charge on any atom is -0.387 e. The molecule has 8 N–H and O–H groups in total. The number of nitrogen functional groups attached to an aromatic ring is 1. The number of nitrogens with two attached hydrogens (primary N) is 1. The highest BCUT2D eigenvalue weighted by Crippen LogP contribution is 2.66. The van der Waals surface area contributed by atoms with Gasteiger partial charge in [-0.15, -0.1) is 0 Å². The van der Waals surface area contributed by atoms with Crippen molar-refractivity contribution < 1.29 is 60.6 Å². The number of phosphoric ester groups is 1. The number of rotatable bonds is 8. The maximum Gasteiger partial charge on any atom is 0.490 e. The second-order valence-electron chi connectivity index (χ2n) is 6.78. The number of nitrogens with zero attached hydrogens (tertiary/aromatic N) is 3. The van der Waals surface area contributed by atoms with Crippen LogP contribution in [0.15, 0.2) is 11.1 Å². The van der Waals surface area contributed by atoms with Gasteiger partial charge in [-0.25, -0.2) is 23.1 Å². The van der Waals surface area contributed by atoms with Gasteiger partial charge in [0.25, 0.3) is 5.56 Å². The molecule has 0 spiro atoms. The van der Waals surface area contributed by atoms with Crippen LogP contribution in [-0.4, -0.2) is 68.7 Å². The van der Waals surface area contributed by atoms with Crippen LogP contribution in [0.2, 0.25) is 0 Å². The third kappa shape index (κ3) is 5.74. The second-order valence-corrected chi connectivity index (χ2v) is 11.2. The van der Waals surface area contributed by atoms with Crippen LogP contribution < -0.4 is 11.3 Å². The number of aliphatic hydroxyl groups is 1. The topological polar surface area (TPSA) is 279 Å². The van der Waals surface area contributed by atoms with E-state index in [-0.39, 0.29) is 17.1 Å². The number of ether oxygens (including phenoxy) is 1. The van der Waals surface area contributed by atoms with Crippen molar-refractivity contribution in [1.82, 2.24) is 19.5 Å². The fourth-order valence-electron chi connectivity index (χ4n) is 2.94. The van der Waals surface area contributed by atoms with Crippen LogP contribution in [0.4, 0.5) is 10.3 Å². The molecule has 6 atom stereocenters. The third-order valence-corrected chi connectivity index (χ3v) is 8.04. The number of hydrogen-bond acceptors (Lipinski definition) is 12. The number of anilines is 1. The fraction of sp³-hybridized carbons (Fsp3) is 0.545. The Balaban J connectivity index is 1.78. The van der Waals surface area contributed by atoms with E-state index in [1.165, 1.54) is 0 Å². The molecule has 2 aromatic rings. The zero-order valence-electron chi connectivity index (χ0n) is 16.2. The summed E-state index contributed by atoms with van der Waals surface area (Å²) in [6, 6.07) is 0. The molecule has 3 heterocycles. The van der Waals surface area contributed by atoms with Crippen LogP contribution in [0.5, 0.6) is 0 Å². The number of halogens is 1. The lowest BCUT2D eigenvalue weighted by Gasteiger charge is -2.24. The van der Waals surface area contributed by atoms with Crippen molar-refractivity contribution in [2.75, 3.05) is 12.3 Å². The lowest BCUT2D eigenvalue weighted by molar-refractivity contribution is -0.0560. The number of H-pyrrole nitrogens is 1. The first-order valence-corrected chi connectivity index (χ1v) is 13.0. The predicted octanol–water partition coefficient (Wildman–Crippen LogP) is -0.968. The average molecular weight is 539 g/mol. The Morgan fingerprint density at radius 2 is 1.91 bits per heavy atom. The van der Waals surface area contributed by atoms with E-state index in [9.17, 15) is 28.5 Å². The molecule has 1 aliphatic heterocycles. The maximum atomic E-state index is 15.3. The van der Waals surface area contributed by atoms with Gasteiger partial charge in [0.2, 0.25) is 5.95 Å². The van der Waals surface area contributed by atoms with E-state index in [1.807, 2.05) is 0 Å². The molecule has 3 unspecified atom stereocenters. The number of nitrogens with one attached hydrogen (secondary N) is 1. The van der Waals surface area contributed by atoms with Crippen LogP contribution >= 0.6 is 23.5 Å². The minimum absolute atomic E-state index is 0.203. The molecule has 0 aromatic carbocycles. The van der Waals surface area contributed by atoms with E-state index in [2.05, 4.69) is 28.1 Å². The molecule has 186 valence electrons. The SMILES string of the molecule is CC1(F)[C@@H](O)[C@@H](COP(=O)(O)OP(=O)(O)OP(=O)(O)O)O[C@H]1n1cnc2c(=O)[nH]c(N)nc21. The van der Waals surface area contributed by atoms with Crippen molar-refractivity contribution in [3.8, 4) is 0 Å². The zero-order valence-corrected chi connectivity index (χ0v) is 18.8. The molecule has 1 saturated heterocycles. The molecule has 0 saturated carbocycles. The summed E-state index contributed by atoms with van der Waals surface area (Å²) in [4.78, 5) is 57.3. The van der Waals surface area contributed by atoms with Crippen molar-refractivity contribution in [2.45, 2.75) is 31.0 Å². The Labute approximate surface area is 181 Å². The highest BCUT2D eigenvalue weighted by Gasteiger charge is 2.56. The normalized spacial score (nSPS) is 29.7. The van der Waals surface area contributed by atoms with Gasteiger partial charge in [0.05, 0.1) is 12.9 Å². The van der Waals surface area contributed by atoms with Crippen LogP contribution in [0.1, 0.15) is 13.2 Å². The molecular formula is C11H17FN5O13P3. The van der Waals surface area contributed by atoms with E-state index in [1.54, 1.807) is 0 Å². The summed E-state index contributed by atoms with van der Waals surface area (Å²) in [5, 5.41) is 10.3. The number of aromatic nitrogens is 4. The van der Waals surface area contributed by atoms with Crippen LogP contribution in [0.25, 0.3) is 11.2 Å². The number of aromatic amines is 1. The fourth-order valence-corrected chi connectivity index (χ4v) is 5.97. The Kier molecular flexibility index (Phi) is 6.76. The van der Waals surface area contributed by atoms with Gasteiger partial charge in [-0.1, -0.05) is 0 Å². The smallest absolute Gasteiger partial charge is 0.387 e. The molecule has 0 amide bonds. The molecule has 18 nitrogen and oxygen atoms in total. The standard InChI is InChI=1S/C11H17FN5O13P3/c1-11(12)6(18)4(2-27-32(23,24)30-33(25,26)29-31(20,21)22)28-9(11)17-3-14-5-7(17)15-10(13)16-8(5)19/h3-4,6,9,18H,2H2,1H3,(H,23,24)(H,25,26)(H2,20,21,22)(H3,13,15,16,19)/t4-,6+,9-,11?/m1/s1. The summed E-state index contributed by atoms with van der Waals surface area (Å²) in [6.45, 7) is -0.209. The first-order chi connectivity index (χ1) is 14.9. The molecule has 1 aliphatic rings. The van der Waals surface area contributed by atoms with Crippen molar-refractivity contribution in [1.29, 1.82) is 0 Å². The highest BCUT2D eigenvalue weighted by atomic mass is 31.3. The Morgan fingerprint density at radius 3 is 2.52 bits per heavy atom. The Morgan fingerprint density at radius 1 is 1.27 bits per heavy atom. The highest BCUT2D eigenvalue weighted by molar-refractivity contribution is 7.66. The monoisotopic (exact) mass is 539 g/mol. The number of alkyl halides is 1. The van der Waals surface area contributed by atoms with Gasteiger partial charge in [-0.2, -0.15) is 13.6 Å². The second kappa shape index (κ2) is 8.57. The summed E-state index contributed by atoms with van der Waals surface area (Å²) < 4.78 is 66.9. The number of imidazole rings is 1. The number of aliphatic hydroxyl groups excluding tert-OH is 1. The zero-order chi connectivity index (χ0) is 25.0. The molecular weight excluding hydrogens is 522 g/mol. The van der Waals surface area contributed by atoms with Crippen molar-refractivity contribution in [3.63, 3.8) is 0 Å². The number of phosphoric acid groups is 3. The van der Waals surface area contributed by atoms with E-state index in [0.717, 1.165) is 17.8 Å². The molecule has 22 heteroatoms. The van der Waals surface area contributed by atoms with Crippen LogP contribution in [0, 0.1) is 0 Å². The molecule has 3 rings (SSSR count). The van der Waals surface area contributed by atoms with E-state index in [4.69, 9.17) is 25.2 Å². The molecule has 0 radical (unpaired) electrons. The van der Waals surface area contributed by atoms with Crippen molar-refractivity contribution in [2.24, 2.45) is 0 Å². The molecule has 33 heavy (non-hydrogen) atoms. The predicted molar refractivity (Wildman–Crippen MR) is 102 cm³/mol. The summed E-state index contributed by atoms with van der Waals surface area (Å²) in [6.07, 6.45) is -4.43. The average Bonchev–Trinajstić information content (AvgIpc) is 3.10. The largest absolute Gasteiger partial charge is 0.490 e. The minimum atomic E-state index is -5.77. The maximum absolute atomic E-state index is 15.3. The molecule has 2 aromatic heterocycles. The van der Waals surface area contributed by atoms with Gasteiger partial charge in [-0.05, 0) is 6.92 Å². The van der Waals surface area contributed by atoms with Crippen LogP contribution in [-0.2, 0) is 31.6 Å². The number of hydrogen-bond donors (Lipinski definition) is 7. The van der Waals surface area contributed by atoms with E-state index >= 15 is 4.39 Å². The first kappa shape index (κ1) is 26.0. The molecule has 0 bridgehead atoms. The van der Waals surface area contributed by atoms with Crippen LogP contribution in [0.3, 0.4) is 0 Å². The Hall–Kier alpha value is -1.59. The van der Waals surface area contributed by atoms with Gasteiger partial charge in [0.1, 0.15) is 12.2 Å². The van der Waals surface area contributed by atoms with Gasteiger partial charge in [0, 0.05) is 0 Å². The van der Waals surface area contributed by atoms with Gasteiger partial charge < -0.3 is 35.2 Å². The van der Waals surface area contributed by atoms with Gasteiger partial charge >= 0.3 is 23.5 Å². The summed E-state index contributed by atoms with van der Waals surface area (Å²) >= 11 is 0. The van der Waals surface area contributed by atoms with Crippen molar-refractivity contribution >= 4 is 40.6 Å². The number of fused-ring (bicyclic) bond motifs is 1. The summed E-state index contributed by atoms with van der Waals surface area (Å²) in [5.41, 5.74) is 1.69. The van der Waals surface area contributed by atoms with E-state index in [0.29, 0.717) is 0 Å². The van der Waals surface area contributed by atoms with Crippen molar-refractivity contribution in [3.05, 3.63) is 16.7 Å².